The van der Waals surface area contributed by atoms with Gasteiger partial charge in [-0.05, 0) is 17.7 Å². The van der Waals surface area contributed by atoms with Crippen LogP contribution in [0.4, 0.5) is 0 Å². The topological polar surface area (TPSA) is 87.6 Å². The molecule has 0 radical (unpaired) electrons. The van der Waals surface area contributed by atoms with Crippen molar-refractivity contribution in [2.75, 3.05) is 13.2 Å². The number of nitrogens with zero attached hydrogens (tertiary/aromatic N) is 1. The van der Waals surface area contributed by atoms with Crippen molar-refractivity contribution in [3.63, 3.8) is 0 Å². The molecule has 98 valence electrons. The highest BCUT2D eigenvalue weighted by Gasteiger charge is 2.06. The van der Waals surface area contributed by atoms with Gasteiger partial charge in [0.2, 0.25) is 0 Å². The number of rotatable bonds is 5. The fraction of sp³-hybridized carbons (Fsp3) is 0.417. The van der Waals surface area contributed by atoms with Crippen molar-refractivity contribution < 1.29 is 14.6 Å². The molecule has 0 aliphatic heterocycles. The highest BCUT2D eigenvalue weighted by molar-refractivity contribution is 5.73. The standard InChI is InChI=1S/C12H16N2O4/c1-14-10-3-2-8(4-11(10)18-12(14)17)5-13-6-9(16)7-15/h2-4,9,13,15-16H,5-7H2,1H3. The van der Waals surface area contributed by atoms with E-state index in [1.54, 1.807) is 13.1 Å². The minimum absolute atomic E-state index is 0.264. The van der Waals surface area contributed by atoms with Crippen molar-refractivity contribution in [1.82, 2.24) is 9.88 Å². The van der Waals surface area contributed by atoms with Crippen LogP contribution in [0.25, 0.3) is 11.1 Å². The molecule has 1 aromatic carbocycles. The van der Waals surface area contributed by atoms with E-state index in [2.05, 4.69) is 5.32 Å². The number of aryl methyl sites for hydroxylation is 1. The number of hydrogen-bond donors (Lipinski definition) is 3. The Bertz CT molecular complexity index is 587. The average molecular weight is 252 g/mol. The second-order valence-electron chi connectivity index (χ2n) is 4.20. The Kier molecular flexibility index (Phi) is 3.81. The predicted molar refractivity (Wildman–Crippen MR) is 66.3 cm³/mol. The monoisotopic (exact) mass is 252 g/mol. The summed E-state index contributed by atoms with van der Waals surface area (Å²) in [7, 11) is 1.66. The van der Waals surface area contributed by atoms with Crippen LogP contribution in [0.15, 0.2) is 27.4 Å². The molecule has 1 heterocycles. The van der Waals surface area contributed by atoms with Gasteiger partial charge in [0.25, 0.3) is 0 Å². The molecule has 0 saturated heterocycles. The number of benzene rings is 1. The molecule has 2 aromatic rings. The van der Waals surface area contributed by atoms with E-state index in [1.807, 2.05) is 12.1 Å². The SMILES string of the molecule is Cn1c(=O)oc2cc(CNCC(O)CO)ccc21. The molecule has 0 aliphatic rings. The first kappa shape index (κ1) is 12.8. The van der Waals surface area contributed by atoms with E-state index in [0.717, 1.165) is 11.1 Å². The molecule has 18 heavy (non-hydrogen) atoms. The van der Waals surface area contributed by atoms with Crippen LogP contribution in [0.1, 0.15) is 5.56 Å². The van der Waals surface area contributed by atoms with Crippen LogP contribution in [0, 0.1) is 0 Å². The summed E-state index contributed by atoms with van der Waals surface area (Å²) in [5, 5.41) is 20.8. The van der Waals surface area contributed by atoms with Crippen molar-refractivity contribution in [2.45, 2.75) is 12.6 Å². The van der Waals surface area contributed by atoms with E-state index in [4.69, 9.17) is 9.52 Å². The van der Waals surface area contributed by atoms with Gasteiger partial charge in [0.1, 0.15) is 0 Å². The first-order valence-electron chi connectivity index (χ1n) is 5.70. The zero-order valence-corrected chi connectivity index (χ0v) is 10.1. The van der Waals surface area contributed by atoms with Gasteiger partial charge in [-0.15, -0.1) is 0 Å². The van der Waals surface area contributed by atoms with Crippen molar-refractivity contribution >= 4 is 11.1 Å². The highest BCUT2D eigenvalue weighted by Crippen LogP contribution is 2.13. The van der Waals surface area contributed by atoms with E-state index in [9.17, 15) is 9.90 Å². The van der Waals surface area contributed by atoms with Gasteiger partial charge in [-0.25, -0.2) is 4.79 Å². The summed E-state index contributed by atoms with van der Waals surface area (Å²) in [6, 6.07) is 5.49. The van der Waals surface area contributed by atoms with Crippen LogP contribution in [0.2, 0.25) is 0 Å². The van der Waals surface area contributed by atoms with Gasteiger partial charge in [-0.1, -0.05) is 6.07 Å². The first-order valence-corrected chi connectivity index (χ1v) is 5.70. The van der Waals surface area contributed by atoms with E-state index < -0.39 is 6.10 Å². The summed E-state index contributed by atoms with van der Waals surface area (Å²) in [5.74, 6) is -0.384. The van der Waals surface area contributed by atoms with E-state index in [-0.39, 0.29) is 12.4 Å². The zero-order valence-electron chi connectivity index (χ0n) is 10.1. The molecule has 0 saturated carbocycles. The summed E-state index contributed by atoms with van der Waals surface area (Å²) in [6.07, 6.45) is -0.761. The quantitative estimate of drug-likeness (QED) is 0.672. The predicted octanol–water partition coefficient (Wildman–Crippen LogP) is -0.426. The second-order valence-corrected chi connectivity index (χ2v) is 4.20. The number of aliphatic hydroxyl groups is 2. The minimum Gasteiger partial charge on any atom is -0.408 e. The van der Waals surface area contributed by atoms with Crippen LogP contribution in [0.5, 0.6) is 0 Å². The van der Waals surface area contributed by atoms with Crippen LogP contribution in [-0.4, -0.2) is 34.0 Å². The summed E-state index contributed by atoms with van der Waals surface area (Å²) in [5.41, 5.74) is 2.24. The lowest BCUT2D eigenvalue weighted by atomic mass is 10.2. The summed E-state index contributed by atoms with van der Waals surface area (Å²) in [4.78, 5) is 11.3. The molecule has 0 bridgehead atoms. The maximum absolute atomic E-state index is 11.3. The molecule has 0 aliphatic carbocycles. The summed E-state index contributed by atoms with van der Waals surface area (Å²) >= 11 is 0. The van der Waals surface area contributed by atoms with Crippen LogP contribution in [0.3, 0.4) is 0 Å². The number of fused-ring (bicyclic) bond motifs is 1. The first-order chi connectivity index (χ1) is 8.61. The molecule has 6 heteroatoms. The third kappa shape index (κ3) is 2.61. The number of hydrogen-bond acceptors (Lipinski definition) is 5. The largest absolute Gasteiger partial charge is 0.419 e. The molecule has 0 fully saturated rings. The number of aromatic nitrogens is 1. The molecule has 1 aromatic heterocycles. The molecule has 0 amide bonds. The molecule has 2 rings (SSSR count). The smallest absolute Gasteiger partial charge is 0.408 e. The van der Waals surface area contributed by atoms with Crippen molar-refractivity contribution in [3.8, 4) is 0 Å². The molecular formula is C12H16N2O4. The van der Waals surface area contributed by atoms with Gasteiger partial charge in [0.05, 0.1) is 18.2 Å². The van der Waals surface area contributed by atoms with Crippen molar-refractivity contribution in [2.24, 2.45) is 7.05 Å². The lowest BCUT2D eigenvalue weighted by molar-refractivity contribution is 0.0942. The Morgan fingerprint density at radius 2 is 2.28 bits per heavy atom. The number of aliphatic hydroxyl groups excluding tert-OH is 2. The van der Waals surface area contributed by atoms with Crippen LogP contribution in [-0.2, 0) is 13.6 Å². The molecule has 6 nitrogen and oxygen atoms in total. The average Bonchev–Trinajstić information content (AvgIpc) is 2.64. The molecular weight excluding hydrogens is 236 g/mol. The van der Waals surface area contributed by atoms with Gasteiger partial charge in [0.15, 0.2) is 5.58 Å². The molecule has 1 atom stereocenters. The zero-order chi connectivity index (χ0) is 13.1. The second kappa shape index (κ2) is 5.34. The molecule has 3 N–H and O–H groups in total. The van der Waals surface area contributed by atoms with Gasteiger partial charge < -0.3 is 19.9 Å². The van der Waals surface area contributed by atoms with Gasteiger partial charge in [-0.3, -0.25) is 4.57 Å². The summed E-state index contributed by atoms with van der Waals surface area (Å²) < 4.78 is 6.52. The van der Waals surface area contributed by atoms with Crippen molar-refractivity contribution in [1.29, 1.82) is 0 Å². The number of oxazole rings is 1. The van der Waals surface area contributed by atoms with E-state index in [1.165, 1.54) is 4.57 Å². The minimum atomic E-state index is -0.761. The number of nitrogens with one attached hydrogen (secondary N) is 1. The van der Waals surface area contributed by atoms with Gasteiger partial charge >= 0.3 is 5.76 Å². The Morgan fingerprint density at radius 3 is 3.00 bits per heavy atom. The van der Waals surface area contributed by atoms with E-state index in [0.29, 0.717) is 18.7 Å². The molecule has 1 unspecified atom stereocenters. The Hall–Kier alpha value is -1.63. The third-order valence-corrected chi connectivity index (χ3v) is 2.78. The fourth-order valence-corrected chi connectivity index (χ4v) is 1.74. The van der Waals surface area contributed by atoms with Gasteiger partial charge in [-0.2, -0.15) is 0 Å². The Balaban J connectivity index is 2.08. The Morgan fingerprint density at radius 1 is 1.50 bits per heavy atom. The van der Waals surface area contributed by atoms with Crippen LogP contribution >= 0.6 is 0 Å². The normalized spacial score (nSPS) is 13.1. The summed E-state index contributed by atoms with van der Waals surface area (Å²) in [6.45, 7) is 0.582. The van der Waals surface area contributed by atoms with Crippen LogP contribution < -0.4 is 11.1 Å². The van der Waals surface area contributed by atoms with Gasteiger partial charge in [0, 0.05) is 20.1 Å². The van der Waals surface area contributed by atoms with Crippen molar-refractivity contribution in [3.05, 3.63) is 34.3 Å². The lowest BCUT2D eigenvalue weighted by Crippen LogP contribution is -2.28. The maximum Gasteiger partial charge on any atom is 0.419 e. The fourth-order valence-electron chi connectivity index (χ4n) is 1.74. The lowest BCUT2D eigenvalue weighted by Gasteiger charge is -2.08. The Labute approximate surface area is 103 Å². The maximum atomic E-state index is 11.3. The molecule has 0 spiro atoms. The highest BCUT2D eigenvalue weighted by atomic mass is 16.4. The van der Waals surface area contributed by atoms with E-state index >= 15 is 0 Å². The third-order valence-electron chi connectivity index (χ3n) is 2.78.